The maximum Gasteiger partial charge on any atom is 0.302 e. The molecule has 0 aromatic rings. The maximum atomic E-state index is 10.7. The van der Waals surface area contributed by atoms with Gasteiger partial charge < -0.3 is 4.74 Å². The number of hydrogen-bond donors (Lipinski definition) is 0. The van der Waals surface area contributed by atoms with E-state index in [0.29, 0.717) is 0 Å². The van der Waals surface area contributed by atoms with Gasteiger partial charge in [-0.15, -0.1) is 0 Å². The van der Waals surface area contributed by atoms with Gasteiger partial charge in [-0.25, -0.2) is 0 Å². The lowest BCUT2D eigenvalue weighted by Gasteiger charge is -2.16. The zero-order chi connectivity index (χ0) is 8.81. The van der Waals surface area contributed by atoms with Crippen molar-refractivity contribution in [3.05, 3.63) is 12.2 Å². The van der Waals surface area contributed by atoms with Crippen molar-refractivity contribution in [1.82, 2.24) is 0 Å². The third kappa shape index (κ3) is 3.56. The van der Waals surface area contributed by atoms with Gasteiger partial charge in [-0.05, 0) is 32.1 Å². The first-order chi connectivity index (χ1) is 5.79. The molecule has 2 heteroatoms. The van der Waals surface area contributed by atoms with Gasteiger partial charge in [-0.3, -0.25) is 4.79 Å². The molecule has 0 unspecified atom stereocenters. The molecule has 0 aromatic heterocycles. The predicted molar refractivity (Wildman–Crippen MR) is 47.8 cm³/mol. The van der Waals surface area contributed by atoms with Crippen LogP contribution in [0.25, 0.3) is 0 Å². The number of carbonyl (C=O) groups is 1. The van der Waals surface area contributed by atoms with E-state index in [-0.39, 0.29) is 12.1 Å². The molecule has 68 valence electrons. The van der Waals surface area contributed by atoms with Gasteiger partial charge in [-0.2, -0.15) is 0 Å². The van der Waals surface area contributed by atoms with Crippen molar-refractivity contribution in [3.63, 3.8) is 0 Å². The topological polar surface area (TPSA) is 26.3 Å². The number of esters is 1. The highest BCUT2D eigenvalue weighted by molar-refractivity contribution is 5.66. The Hall–Kier alpha value is -0.790. The third-order valence-corrected chi connectivity index (χ3v) is 2.05. The summed E-state index contributed by atoms with van der Waals surface area (Å²) in [5, 5.41) is 0. The largest absolute Gasteiger partial charge is 0.463 e. The monoisotopic (exact) mass is 168 g/mol. The maximum absolute atomic E-state index is 10.7. The molecule has 2 nitrogen and oxygen atoms in total. The summed E-state index contributed by atoms with van der Waals surface area (Å²) in [6.07, 6.45) is 9.84. The molecule has 0 fully saturated rings. The summed E-state index contributed by atoms with van der Waals surface area (Å²) in [5.41, 5.74) is 0. The van der Waals surface area contributed by atoms with Crippen LogP contribution >= 0.6 is 0 Å². The molecule has 1 atom stereocenters. The van der Waals surface area contributed by atoms with E-state index >= 15 is 0 Å². The molecule has 1 rings (SSSR count). The van der Waals surface area contributed by atoms with E-state index < -0.39 is 0 Å². The number of allylic oxidation sites excluding steroid dienone is 2. The fraction of sp³-hybridized carbons (Fsp3) is 0.700. The van der Waals surface area contributed by atoms with Gasteiger partial charge in [0.25, 0.3) is 0 Å². The Morgan fingerprint density at radius 3 is 2.83 bits per heavy atom. The molecule has 0 amide bonds. The summed E-state index contributed by atoms with van der Waals surface area (Å²) in [6.45, 7) is 1.48. The minimum atomic E-state index is -0.149. The molecule has 0 saturated carbocycles. The predicted octanol–water partition coefficient (Wildman–Crippen LogP) is 2.44. The van der Waals surface area contributed by atoms with Crippen LogP contribution in [0.3, 0.4) is 0 Å². The van der Waals surface area contributed by atoms with Crippen LogP contribution < -0.4 is 0 Å². The quantitative estimate of drug-likeness (QED) is 0.444. The highest BCUT2D eigenvalue weighted by Gasteiger charge is 2.11. The van der Waals surface area contributed by atoms with Crippen LogP contribution in [0.15, 0.2) is 12.2 Å². The number of rotatable bonds is 1. The minimum absolute atomic E-state index is 0.149. The molecule has 1 aliphatic rings. The first-order valence-electron chi connectivity index (χ1n) is 4.61. The molecule has 0 aliphatic heterocycles. The minimum Gasteiger partial charge on any atom is -0.463 e. The van der Waals surface area contributed by atoms with E-state index in [2.05, 4.69) is 12.2 Å². The molecule has 0 heterocycles. The molecular formula is C10H16O2. The Balaban J connectivity index is 2.32. The fourth-order valence-corrected chi connectivity index (χ4v) is 1.48. The summed E-state index contributed by atoms with van der Waals surface area (Å²) in [7, 11) is 0. The Morgan fingerprint density at radius 2 is 2.08 bits per heavy atom. The van der Waals surface area contributed by atoms with E-state index in [1.807, 2.05) is 0 Å². The van der Waals surface area contributed by atoms with Crippen molar-refractivity contribution in [2.45, 2.75) is 45.1 Å². The van der Waals surface area contributed by atoms with Crippen LogP contribution in [0.5, 0.6) is 0 Å². The molecule has 0 aromatic carbocycles. The molecule has 0 spiro atoms. The Kier molecular flexibility index (Phi) is 3.85. The summed E-state index contributed by atoms with van der Waals surface area (Å²) < 4.78 is 5.15. The fourth-order valence-electron chi connectivity index (χ4n) is 1.48. The second-order valence-electron chi connectivity index (χ2n) is 3.21. The van der Waals surface area contributed by atoms with Crippen molar-refractivity contribution in [1.29, 1.82) is 0 Å². The van der Waals surface area contributed by atoms with E-state index in [9.17, 15) is 4.79 Å². The van der Waals surface area contributed by atoms with Crippen molar-refractivity contribution >= 4 is 5.97 Å². The van der Waals surface area contributed by atoms with Gasteiger partial charge in [-0.1, -0.05) is 12.2 Å². The van der Waals surface area contributed by atoms with Gasteiger partial charge in [0.2, 0.25) is 0 Å². The lowest BCUT2D eigenvalue weighted by Crippen LogP contribution is -2.16. The van der Waals surface area contributed by atoms with Gasteiger partial charge in [0, 0.05) is 6.92 Å². The molecule has 0 bridgehead atoms. The lowest BCUT2D eigenvalue weighted by molar-refractivity contribution is -0.147. The molecular weight excluding hydrogens is 152 g/mol. The second-order valence-corrected chi connectivity index (χ2v) is 3.21. The summed E-state index contributed by atoms with van der Waals surface area (Å²) in [6, 6.07) is 0. The summed E-state index contributed by atoms with van der Waals surface area (Å²) in [5.74, 6) is -0.149. The molecule has 12 heavy (non-hydrogen) atoms. The van der Waals surface area contributed by atoms with Crippen LogP contribution in [0.4, 0.5) is 0 Å². The first-order valence-corrected chi connectivity index (χ1v) is 4.61. The molecule has 0 radical (unpaired) electrons. The summed E-state index contributed by atoms with van der Waals surface area (Å²) >= 11 is 0. The van der Waals surface area contributed by atoms with Crippen LogP contribution in [0.2, 0.25) is 0 Å². The van der Waals surface area contributed by atoms with Gasteiger partial charge >= 0.3 is 5.97 Å². The Morgan fingerprint density at radius 1 is 1.33 bits per heavy atom. The standard InChI is InChI=1S/C10H16O2/c1-9(11)12-10-7-5-3-2-4-6-8-10/h2-3,10H,4-8H2,1H3/b3-2+/t10-/m0/s1. The third-order valence-electron chi connectivity index (χ3n) is 2.05. The summed E-state index contributed by atoms with van der Waals surface area (Å²) in [4.78, 5) is 10.7. The van der Waals surface area contributed by atoms with Gasteiger partial charge in [0.15, 0.2) is 0 Å². The van der Waals surface area contributed by atoms with Gasteiger partial charge in [0.1, 0.15) is 6.10 Å². The van der Waals surface area contributed by atoms with Crippen molar-refractivity contribution in [2.75, 3.05) is 0 Å². The highest BCUT2D eigenvalue weighted by Crippen LogP contribution is 2.15. The smallest absolute Gasteiger partial charge is 0.302 e. The van der Waals surface area contributed by atoms with Gasteiger partial charge in [0.05, 0.1) is 0 Å². The normalized spacial score (nSPS) is 26.9. The van der Waals surface area contributed by atoms with E-state index in [4.69, 9.17) is 4.74 Å². The molecule has 0 N–H and O–H groups in total. The van der Waals surface area contributed by atoms with E-state index in [1.165, 1.54) is 6.92 Å². The average Bonchev–Trinajstić information content (AvgIpc) is 1.93. The number of ether oxygens (including phenoxy) is 1. The van der Waals surface area contributed by atoms with Crippen LogP contribution in [-0.2, 0) is 9.53 Å². The van der Waals surface area contributed by atoms with Crippen LogP contribution in [0.1, 0.15) is 39.0 Å². The van der Waals surface area contributed by atoms with Crippen molar-refractivity contribution < 1.29 is 9.53 Å². The number of hydrogen-bond acceptors (Lipinski definition) is 2. The van der Waals surface area contributed by atoms with Crippen molar-refractivity contribution in [3.8, 4) is 0 Å². The number of carbonyl (C=O) groups excluding carboxylic acids is 1. The SMILES string of the molecule is CC(=O)O[C@H]1CC/C=C/CCC1. The average molecular weight is 168 g/mol. The first kappa shape index (κ1) is 9.30. The van der Waals surface area contributed by atoms with Crippen molar-refractivity contribution in [2.24, 2.45) is 0 Å². The van der Waals surface area contributed by atoms with Crippen LogP contribution in [-0.4, -0.2) is 12.1 Å². The zero-order valence-corrected chi connectivity index (χ0v) is 7.58. The van der Waals surface area contributed by atoms with E-state index in [0.717, 1.165) is 32.1 Å². The Bertz CT molecular complexity index is 173. The molecule has 0 saturated heterocycles. The lowest BCUT2D eigenvalue weighted by atomic mass is 10.0. The van der Waals surface area contributed by atoms with E-state index in [1.54, 1.807) is 0 Å². The highest BCUT2D eigenvalue weighted by atomic mass is 16.5. The second kappa shape index (κ2) is 4.96. The zero-order valence-electron chi connectivity index (χ0n) is 7.58. The Labute approximate surface area is 73.6 Å². The molecule has 1 aliphatic carbocycles. The van der Waals surface area contributed by atoms with Crippen LogP contribution in [0, 0.1) is 0 Å².